The molecule has 0 bridgehead atoms. The molecule has 0 nitrogen and oxygen atoms in total. The Morgan fingerprint density at radius 3 is 2.42 bits per heavy atom. The van der Waals surface area contributed by atoms with Gasteiger partial charge in [-0.3, -0.25) is 0 Å². The first kappa shape index (κ1) is 9.83. The van der Waals surface area contributed by atoms with E-state index in [1.807, 2.05) is 0 Å². The second-order valence-electron chi connectivity index (χ2n) is 4.05. The van der Waals surface area contributed by atoms with E-state index in [9.17, 15) is 0 Å². The molecule has 1 fully saturated rings. The standard InChI is InChI=1S/C12H22/c1-4-11(5-2)10(3)12-8-6-7-9-12/h4,10,12H,5-9H2,1-3H3/b11-4+. The molecule has 0 aromatic carbocycles. The zero-order valence-electron chi connectivity index (χ0n) is 8.77. The van der Waals surface area contributed by atoms with Gasteiger partial charge in [-0.1, -0.05) is 38.3 Å². The van der Waals surface area contributed by atoms with Crippen molar-refractivity contribution < 1.29 is 0 Å². The molecule has 12 heavy (non-hydrogen) atoms. The van der Waals surface area contributed by atoms with Crippen LogP contribution in [0.2, 0.25) is 0 Å². The van der Waals surface area contributed by atoms with Crippen molar-refractivity contribution in [3.63, 3.8) is 0 Å². The number of rotatable bonds is 3. The van der Waals surface area contributed by atoms with E-state index in [0.29, 0.717) is 0 Å². The van der Waals surface area contributed by atoms with Crippen LogP contribution in [0.3, 0.4) is 0 Å². The molecular weight excluding hydrogens is 144 g/mol. The second-order valence-corrected chi connectivity index (χ2v) is 4.05. The van der Waals surface area contributed by atoms with Gasteiger partial charge in [0.15, 0.2) is 0 Å². The minimum absolute atomic E-state index is 0.850. The van der Waals surface area contributed by atoms with Gasteiger partial charge in [-0.05, 0) is 38.0 Å². The van der Waals surface area contributed by atoms with E-state index in [4.69, 9.17) is 0 Å². The molecule has 0 aromatic rings. The van der Waals surface area contributed by atoms with Crippen LogP contribution in [0.15, 0.2) is 11.6 Å². The molecule has 0 radical (unpaired) electrons. The van der Waals surface area contributed by atoms with E-state index in [0.717, 1.165) is 11.8 Å². The summed E-state index contributed by atoms with van der Waals surface area (Å²) in [7, 11) is 0. The lowest BCUT2D eigenvalue weighted by molar-refractivity contribution is 0.408. The van der Waals surface area contributed by atoms with Crippen molar-refractivity contribution in [2.75, 3.05) is 0 Å². The van der Waals surface area contributed by atoms with Crippen LogP contribution in [0.5, 0.6) is 0 Å². The monoisotopic (exact) mass is 166 g/mol. The maximum Gasteiger partial charge on any atom is -0.0204 e. The third-order valence-corrected chi connectivity index (χ3v) is 3.47. The summed E-state index contributed by atoms with van der Waals surface area (Å²) in [4.78, 5) is 0. The van der Waals surface area contributed by atoms with Crippen molar-refractivity contribution in [1.29, 1.82) is 0 Å². The zero-order chi connectivity index (χ0) is 8.97. The Morgan fingerprint density at radius 2 is 2.00 bits per heavy atom. The molecule has 1 aliphatic carbocycles. The normalized spacial score (nSPS) is 23.1. The Bertz CT molecular complexity index is 149. The maximum atomic E-state index is 2.41. The van der Waals surface area contributed by atoms with Gasteiger partial charge in [0.2, 0.25) is 0 Å². The van der Waals surface area contributed by atoms with E-state index < -0.39 is 0 Å². The highest BCUT2D eigenvalue weighted by molar-refractivity contribution is 5.05. The molecule has 0 aromatic heterocycles. The Balaban J connectivity index is 2.49. The van der Waals surface area contributed by atoms with Crippen molar-refractivity contribution in [3.05, 3.63) is 11.6 Å². The third kappa shape index (κ3) is 2.12. The molecule has 1 rings (SSSR count). The van der Waals surface area contributed by atoms with Crippen molar-refractivity contribution in [3.8, 4) is 0 Å². The molecule has 1 aliphatic rings. The highest BCUT2D eigenvalue weighted by Crippen LogP contribution is 2.35. The van der Waals surface area contributed by atoms with Gasteiger partial charge in [0, 0.05) is 0 Å². The number of hydrogen-bond donors (Lipinski definition) is 0. The van der Waals surface area contributed by atoms with Gasteiger partial charge in [-0.15, -0.1) is 0 Å². The zero-order valence-corrected chi connectivity index (χ0v) is 8.77. The summed E-state index contributed by atoms with van der Waals surface area (Å²) in [5.41, 5.74) is 1.67. The van der Waals surface area contributed by atoms with Gasteiger partial charge >= 0.3 is 0 Å². The molecule has 0 amide bonds. The summed E-state index contributed by atoms with van der Waals surface area (Å²) in [6.07, 6.45) is 9.44. The van der Waals surface area contributed by atoms with Crippen LogP contribution in [0.25, 0.3) is 0 Å². The molecule has 0 aliphatic heterocycles. The third-order valence-electron chi connectivity index (χ3n) is 3.47. The Hall–Kier alpha value is -0.260. The SMILES string of the molecule is C/C=C(\CC)C(C)C1CCCC1. The fourth-order valence-electron chi connectivity index (χ4n) is 2.55. The van der Waals surface area contributed by atoms with Crippen molar-refractivity contribution in [1.82, 2.24) is 0 Å². The molecule has 0 saturated heterocycles. The fourth-order valence-corrected chi connectivity index (χ4v) is 2.55. The topological polar surface area (TPSA) is 0 Å². The van der Waals surface area contributed by atoms with Gasteiger partial charge in [0.25, 0.3) is 0 Å². The van der Waals surface area contributed by atoms with E-state index in [1.54, 1.807) is 5.57 Å². The van der Waals surface area contributed by atoms with Crippen LogP contribution in [0, 0.1) is 11.8 Å². The molecule has 0 heterocycles. The minimum Gasteiger partial charge on any atom is -0.0882 e. The summed E-state index contributed by atoms with van der Waals surface area (Å²) in [5.74, 6) is 1.85. The van der Waals surface area contributed by atoms with E-state index in [1.165, 1.54) is 32.1 Å². The molecular formula is C12H22. The molecule has 1 saturated carbocycles. The molecule has 70 valence electrons. The largest absolute Gasteiger partial charge is 0.0882 e. The van der Waals surface area contributed by atoms with Crippen LogP contribution in [-0.2, 0) is 0 Å². The first-order valence-corrected chi connectivity index (χ1v) is 5.44. The second kappa shape index (κ2) is 4.69. The quantitative estimate of drug-likeness (QED) is 0.552. The van der Waals surface area contributed by atoms with Crippen molar-refractivity contribution >= 4 is 0 Å². The molecule has 0 heteroatoms. The number of allylic oxidation sites excluding steroid dienone is 2. The highest BCUT2D eigenvalue weighted by Gasteiger charge is 2.22. The fraction of sp³-hybridized carbons (Fsp3) is 0.833. The summed E-state index contributed by atoms with van der Waals surface area (Å²) >= 11 is 0. The van der Waals surface area contributed by atoms with Gasteiger partial charge in [-0.2, -0.15) is 0 Å². The summed E-state index contributed by atoms with van der Waals surface area (Å²) in [6.45, 7) is 6.87. The molecule has 0 N–H and O–H groups in total. The average molecular weight is 166 g/mol. The van der Waals surface area contributed by atoms with Crippen LogP contribution >= 0.6 is 0 Å². The molecule has 0 spiro atoms. The maximum absolute atomic E-state index is 2.41. The van der Waals surface area contributed by atoms with E-state index in [2.05, 4.69) is 26.8 Å². The van der Waals surface area contributed by atoms with Crippen molar-refractivity contribution in [2.45, 2.75) is 52.9 Å². The van der Waals surface area contributed by atoms with E-state index in [-0.39, 0.29) is 0 Å². The lowest BCUT2D eigenvalue weighted by Gasteiger charge is -2.21. The van der Waals surface area contributed by atoms with Gasteiger partial charge in [-0.25, -0.2) is 0 Å². The van der Waals surface area contributed by atoms with E-state index >= 15 is 0 Å². The Labute approximate surface area is 77.1 Å². The summed E-state index contributed by atoms with van der Waals surface area (Å²) in [5, 5.41) is 0. The minimum atomic E-state index is 0.850. The lowest BCUT2D eigenvalue weighted by atomic mass is 9.85. The predicted octanol–water partition coefficient (Wildman–Crippen LogP) is 4.17. The average Bonchev–Trinajstić information content (AvgIpc) is 2.58. The molecule has 1 unspecified atom stereocenters. The van der Waals surface area contributed by atoms with Crippen LogP contribution in [-0.4, -0.2) is 0 Å². The van der Waals surface area contributed by atoms with Gasteiger partial charge < -0.3 is 0 Å². The summed E-state index contributed by atoms with van der Waals surface area (Å²) < 4.78 is 0. The lowest BCUT2D eigenvalue weighted by Crippen LogP contribution is -2.09. The Kier molecular flexibility index (Phi) is 3.84. The Morgan fingerprint density at radius 1 is 1.42 bits per heavy atom. The van der Waals surface area contributed by atoms with Gasteiger partial charge in [0.1, 0.15) is 0 Å². The van der Waals surface area contributed by atoms with Gasteiger partial charge in [0.05, 0.1) is 0 Å². The highest BCUT2D eigenvalue weighted by atomic mass is 14.3. The number of hydrogen-bond acceptors (Lipinski definition) is 0. The van der Waals surface area contributed by atoms with Crippen LogP contribution in [0.4, 0.5) is 0 Å². The summed E-state index contributed by atoms with van der Waals surface area (Å²) in [6, 6.07) is 0. The van der Waals surface area contributed by atoms with Crippen molar-refractivity contribution in [2.24, 2.45) is 11.8 Å². The van der Waals surface area contributed by atoms with Crippen LogP contribution in [0.1, 0.15) is 52.9 Å². The smallest absolute Gasteiger partial charge is 0.0204 e. The first-order chi connectivity index (χ1) is 5.79. The molecule has 1 atom stereocenters. The predicted molar refractivity (Wildman–Crippen MR) is 55.2 cm³/mol. The first-order valence-electron chi connectivity index (χ1n) is 5.44. The van der Waals surface area contributed by atoms with Crippen LogP contribution < -0.4 is 0 Å².